The number of nitrogens with zero attached hydrogens (tertiary/aromatic N) is 2. The number of Topliss-reactive ketones (excluding diaryl/α,β-unsaturated/α-hetero) is 1. The molecule has 0 aliphatic heterocycles. The molecule has 2 heterocycles. The van der Waals surface area contributed by atoms with Crippen LogP contribution in [-0.2, 0) is 11.3 Å². The van der Waals surface area contributed by atoms with E-state index in [0.29, 0.717) is 22.3 Å². The molecule has 4 rings (SSSR count). The van der Waals surface area contributed by atoms with E-state index in [1.54, 1.807) is 30.3 Å². The Morgan fingerprint density at radius 2 is 1.56 bits per heavy atom. The first-order valence-corrected chi connectivity index (χ1v) is 8.54. The highest BCUT2D eigenvalue weighted by molar-refractivity contribution is 5.96. The molecule has 0 saturated heterocycles. The standard InChI is InChI=1S/C21H17N3O3/c1-14(25)15-8-10-16(11-9-15)22-20(26)13-24-18-6-3-2-5-17(18)23-12-4-7-19(23)21(24)27/h2-12H,13H2,1H3,(H,22,26). The van der Waals surface area contributed by atoms with E-state index in [4.69, 9.17) is 0 Å². The first kappa shape index (κ1) is 16.8. The van der Waals surface area contributed by atoms with Crippen LogP contribution in [0.5, 0.6) is 0 Å². The monoisotopic (exact) mass is 359 g/mol. The Bertz CT molecular complexity index is 1230. The van der Waals surface area contributed by atoms with Crippen LogP contribution in [0, 0.1) is 0 Å². The molecule has 0 bridgehead atoms. The molecule has 27 heavy (non-hydrogen) atoms. The number of benzene rings is 2. The van der Waals surface area contributed by atoms with Gasteiger partial charge in [0.2, 0.25) is 5.91 Å². The number of para-hydroxylation sites is 2. The molecule has 0 fully saturated rings. The number of carbonyl (C=O) groups is 2. The summed E-state index contributed by atoms with van der Waals surface area (Å²) in [5, 5.41) is 2.77. The van der Waals surface area contributed by atoms with Crippen molar-refractivity contribution < 1.29 is 9.59 Å². The van der Waals surface area contributed by atoms with Gasteiger partial charge in [-0.3, -0.25) is 19.0 Å². The van der Waals surface area contributed by atoms with Gasteiger partial charge in [-0.1, -0.05) is 12.1 Å². The number of ketones is 1. The summed E-state index contributed by atoms with van der Waals surface area (Å²) in [6.07, 6.45) is 1.83. The predicted octanol–water partition coefficient (Wildman–Crippen LogP) is 3.10. The van der Waals surface area contributed by atoms with E-state index >= 15 is 0 Å². The van der Waals surface area contributed by atoms with Crippen LogP contribution in [-0.4, -0.2) is 20.7 Å². The van der Waals surface area contributed by atoms with Crippen molar-refractivity contribution in [2.45, 2.75) is 13.5 Å². The van der Waals surface area contributed by atoms with Gasteiger partial charge in [0.15, 0.2) is 5.78 Å². The van der Waals surface area contributed by atoms with E-state index in [1.807, 2.05) is 40.9 Å². The lowest BCUT2D eigenvalue weighted by molar-refractivity contribution is -0.116. The summed E-state index contributed by atoms with van der Waals surface area (Å²) in [6, 6.07) is 17.7. The van der Waals surface area contributed by atoms with Gasteiger partial charge in [0, 0.05) is 17.4 Å². The Morgan fingerprint density at radius 1 is 0.889 bits per heavy atom. The number of hydrogen-bond donors (Lipinski definition) is 1. The quantitative estimate of drug-likeness (QED) is 0.569. The molecule has 6 heteroatoms. The van der Waals surface area contributed by atoms with Gasteiger partial charge < -0.3 is 9.72 Å². The third-order valence-electron chi connectivity index (χ3n) is 4.52. The van der Waals surface area contributed by atoms with Gasteiger partial charge in [-0.05, 0) is 55.5 Å². The third-order valence-corrected chi connectivity index (χ3v) is 4.52. The highest BCUT2D eigenvalue weighted by Crippen LogP contribution is 2.15. The molecule has 0 saturated carbocycles. The van der Waals surface area contributed by atoms with Crippen LogP contribution in [0.3, 0.4) is 0 Å². The molecular formula is C21H17N3O3. The Kier molecular flexibility index (Phi) is 4.08. The molecule has 1 amide bonds. The predicted molar refractivity (Wildman–Crippen MR) is 104 cm³/mol. The third kappa shape index (κ3) is 3.01. The van der Waals surface area contributed by atoms with Crippen molar-refractivity contribution in [3.8, 4) is 0 Å². The number of fused-ring (bicyclic) bond motifs is 3. The lowest BCUT2D eigenvalue weighted by atomic mass is 10.1. The number of nitrogens with one attached hydrogen (secondary N) is 1. The van der Waals surface area contributed by atoms with Gasteiger partial charge >= 0.3 is 0 Å². The molecule has 0 radical (unpaired) electrons. The summed E-state index contributed by atoms with van der Waals surface area (Å²) >= 11 is 0. The van der Waals surface area contributed by atoms with Crippen molar-refractivity contribution in [2.24, 2.45) is 0 Å². The molecule has 0 aliphatic rings. The zero-order valence-corrected chi connectivity index (χ0v) is 14.7. The van der Waals surface area contributed by atoms with Crippen molar-refractivity contribution >= 4 is 33.9 Å². The minimum absolute atomic E-state index is 0.0357. The van der Waals surface area contributed by atoms with Crippen LogP contribution < -0.4 is 10.9 Å². The van der Waals surface area contributed by atoms with Gasteiger partial charge in [0.1, 0.15) is 12.1 Å². The molecule has 6 nitrogen and oxygen atoms in total. The second kappa shape index (κ2) is 6.57. The van der Waals surface area contributed by atoms with Gasteiger partial charge in [0.25, 0.3) is 5.56 Å². The summed E-state index contributed by atoms with van der Waals surface area (Å²) in [7, 11) is 0. The zero-order valence-electron chi connectivity index (χ0n) is 14.7. The fourth-order valence-corrected chi connectivity index (χ4v) is 3.20. The Balaban J connectivity index is 1.68. The summed E-state index contributed by atoms with van der Waals surface area (Å²) in [6.45, 7) is 1.39. The van der Waals surface area contributed by atoms with Crippen LogP contribution in [0.15, 0.2) is 71.7 Å². The largest absolute Gasteiger partial charge is 0.325 e. The zero-order chi connectivity index (χ0) is 19.0. The van der Waals surface area contributed by atoms with E-state index in [9.17, 15) is 14.4 Å². The first-order chi connectivity index (χ1) is 13.0. The molecule has 0 aliphatic carbocycles. The number of carbonyl (C=O) groups excluding carboxylic acids is 2. The number of rotatable bonds is 4. The fourth-order valence-electron chi connectivity index (χ4n) is 3.20. The van der Waals surface area contributed by atoms with E-state index < -0.39 is 0 Å². The van der Waals surface area contributed by atoms with Gasteiger partial charge in [0.05, 0.1) is 11.0 Å². The van der Waals surface area contributed by atoms with Crippen LogP contribution in [0.4, 0.5) is 5.69 Å². The summed E-state index contributed by atoms with van der Waals surface area (Å²) in [5.41, 5.74) is 3.00. The molecule has 0 spiro atoms. The minimum Gasteiger partial charge on any atom is -0.325 e. The Labute approximate surface area is 154 Å². The lowest BCUT2D eigenvalue weighted by Gasteiger charge is -2.13. The van der Waals surface area contributed by atoms with Crippen molar-refractivity contribution in [1.82, 2.24) is 8.97 Å². The molecule has 2 aromatic heterocycles. The molecule has 2 aromatic carbocycles. The highest BCUT2D eigenvalue weighted by Gasteiger charge is 2.13. The molecule has 134 valence electrons. The molecule has 1 N–H and O–H groups in total. The van der Waals surface area contributed by atoms with Gasteiger partial charge in [-0.2, -0.15) is 0 Å². The van der Waals surface area contributed by atoms with Crippen LogP contribution >= 0.6 is 0 Å². The van der Waals surface area contributed by atoms with Crippen molar-refractivity contribution in [1.29, 1.82) is 0 Å². The second-order valence-corrected chi connectivity index (χ2v) is 6.33. The molecule has 0 unspecified atom stereocenters. The maximum Gasteiger partial charge on any atom is 0.275 e. The van der Waals surface area contributed by atoms with Crippen molar-refractivity contribution in [3.63, 3.8) is 0 Å². The maximum absolute atomic E-state index is 12.8. The Hall–Kier alpha value is -3.67. The Morgan fingerprint density at radius 3 is 2.26 bits per heavy atom. The summed E-state index contributed by atoms with van der Waals surface area (Å²) in [4.78, 5) is 36.7. The average Bonchev–Trinajstić information content (AvgIpc) is 3.16. The van der Waals surface area contributed by atoms with E-state index in [1.165, 1.54) is 11.5 Å². The SMILES string of the molecule is CC(=O)c1ccc(NC(=O)Cn2c(=O)c3cccn3c3ccccc32)cc1. The van der Waals surface area contributed by atoms with Crippen molar-refractivity contribution in [3.05, 3.63) is 82.8 Å². The number of hydrogen-bond acceptors (Lipinski definition) is 3. The maximum atomic E-state index is 12.8. The minimum atomic E-state index is -0.311. The van der Waals surface area contributed by atoms with Gasteiger partial charge in [-0.25, -0.2) is 0 Å². The van der Waals surface area contributed by atoms with E-state index in [2.05, 4.69) is 5.32 Å². The number of amides is 1. The highest BCUT2D eigenvalue weighted by atomic mass is 16.2. The lowest BCUT2D eigenvalue weighted by Crippen LogP contribution is -2.29. The molecule has 0 atom stereocenters. The van der Waals surface area contributed by atoms with Crippen LogP contribution in [0.25, 0.3) is 16.6 Å². The summed E-state index contributed by atoms with van der Waals surface area (Å²) in [5.74, 6) is -0.347. The smallest absolute Gasteiger partial charge is 0.275 e. The normalized spacial score (nSPS) is 11.0. The summed E-state index contributed by atoms with van der Waals surface area (Å²) < 4.78 is 3.30. The van der Waals surface area contributed by atoms with E-state index in [0.717, 1.165) is 5.52 Å². The van der Waals surface area contributed by atoms with Crippen LogP contribution in [0.2, 0.25) is 0 Å². The second-order valence-electron chi connectivity index (χ2n) is 6.33. The van der Waals surface area contributed by atoms with Crippen molar-refractivity contribution in [2.75, 3.05) is 5.32 Å². The number of anilines is 1. The first-order valence-electron chi connectivity index (χ1n) is 8.54. The molecular weight excluding hydrogens is 342 g/mol. The molecule has 4 aromatic rings. The van der Waals surface area contributed by atoms with Gasteiger partial charge in [-0.15, -0.1) is 0 Å². The van der Waals surface area contributed by atoms with E-state index in [-0.39, 0.29) is 23.8 Å². The number of aromatic nitrogens is 2. The topological polar surface area (TPSA) is 72.6 Å². The average molecular weight is 359 g/mol. The van der Waals surface area contributed by atoms with Crippen LogP contribution in [0.1, 0.15) is 17.3 Å². The fraction of sp³-hybridized carbons (Fsp3) is 0.0952.